The number of hydrogen-bond donors (Lipinski definition) is 2. The molecule has 2 heterocycles. The van der Waals surface area contributed by atoms with E-state index in [1.165, 1.54) is 0 Å². The minimum Gasteiger partial charge on any atom is -0.396 e. The fourth-order valence-electron chi connectivity index (χ4n) is 4.24. The van der Waals surface area contributed by atoms with Crippen LogP contribution in [0.1, 0.15) is 27.5 Å². The Labute approximate surface area is 191 Å². The molecule has 6 nitrogen and oxygen atoms in total. The molecule has 0 aromatic carbocycles. The van der Waals surface area contributed by atoms with E-state index in [2.05, 4.69) is 37.2 Å². The minimum atomic E-state index is -0.412. The van der Waals surface area contributed by atoms with Crippen LogP contribution >= 0.6 is 61.2 Å². The van der Waals surface area contributed by atoms with Gasteiger partial charge < -0.3 is 29.2 Å². The SMILES string of the molecule is COCC12COC(C(C)O1)C2OC.I.II.[3H]C1CC(O)[C@]2(CO)C[C@H]12. The van der Waals surface area contributed by atoms with Crippen molar-refractivity contribution in [3.05, 3.63) is 0 Å². The zero-order valence-corrected chi connectivity index (χ0v) is 21.3. The molecule has 2 saturated carbocycles. The van der Waals surface area contributed by atoms with Crippen molar-refractivity contribution in [1.82, 2.24) is 0 Å². The van der Waals surface area contributed by atoms with Gasteiger partial charge >= 0.3 is 0 Å². The third-order valence-electron chi connectivity index (χ3n) is 5.64. The minimum absolute atomic E-state index is 0. The Hall–Kier alpha value is 1.95. The van der Waals surface area contributed by atoms with E-state index in [1.54, 1.807) is 14.2 Å². The number of hydrogen-bond acceptors (Lipinski definition) is 6. The number of ether oxygens (including phenoxy) is 4. The van der Waals surface area contributed by atoms with Crippen LogP contribution in [0.25, 0.3) is 0 Å². The van der Waals surface area contributed by atoms with Gasteiger partial charge in [-0.15, -0.1) is 24.0 Å². The van der Waals surface area contributed by atoms with Gasteiger partial charge in [0.25, 0.3) is 0 Å². The largest absolute Gasteiger partial charge is 0.396 e. The summed E-state index contributed by atoms with van der Waals surface area (Å²) in [6.45, 7) is 3.18. The summed E-state index contributed by atoms with van der Waals surface area (Å²) in [6, 6.07) is 0. The quantitative estimate of drug-likeness (QED) is 0.440. The van der Waals surface area contributed by atoms with E-state index in [-0.39, 0.29) is 72.2 Å². The van der Waals surface area contributed by atoms with Crippen molar-refractivity contribution in [2.24, 2.45) is 11.3 Å². The maximum absolute atomic E-state index is 9.38. The Kier molecular flexibility index (Phi) is 9.89. The normalized spacial score (nSPS) is 49.0. The first-order valence-electron chi connectivity index (χ1n) is 8.68. The van der Waals surface area contributed by atoms with Gasteiger partial charge in [0.1, 0.15) is 17.8 Å². The molecule has 2 bridgehead atoms. The number of aliphatic hydroxyl groups excluding tert-OH is 2. The lowest BCUT2D eigenvalue weighted by Gasteiger charge is -2.29. The third kappa shape index (κ3) is 4.75. The molecule has 150 valence electrons. The Morgan fingerprint density at radius 1 is 1.36 bits per heavy atom. The average Bonchev–Trinajstić information content (AvgIpc) is 3.10. The molecular weight excluding hydrogens is 669 g/mol. The summed E-state index contributed by atoms with van der Waals surface area (Å²) >= 11 is 4.24. The molecule has 2 aliphatic carbocycles. The third-order valence-corrected chi connectivity index (χ3v) is 5.64. The average molecular weight is 700 g/mol. The number of halogens is 3. The molecule has 0 spiro atoms. The highest BCUT2D eigenvalue weighted by Crippen LogP contribution is 2.62. The van der Waals surface area contributed by atoms with Crippen LogP contribution in [0.3, 0.4) is 0 Å². The van der Waals surface area contributed by atoms with E-state index in [0.29, 0.717) is 19.6 Å². The lowest BCUT2D eigenvalue weighted by molar-refractivity contribution is -0.161. The zero-order chi connectivity index (χ0) is 18.8. The van der Waals surface area contributed by atoms with Crippen molar-refractivity contribution in [3.8, 4) is 0 Å². The molecule has 4 rings (SSSR count). The summed E-state index contributed by atoms with van der Waals surface area (Å²) in [5, 5.41) is 18.3. The maximum atomic E-state index is 9.38. The molecule has 2 N–H and O–H groups in total. The van der Waals surface area contributed by atoms with Gasteiger partial charge in [-0.3, -0.25) is 0 Å². The van der Waals surface area contributed by atoms with Crippen LogP contribution in [0, 0.1) is 11.3 Å². The molecule has 8 atom stereocenters. The Morgan fingerprint density at radius 3 is 2.40 bits per heavy atom. The van der Waals surface area contributed by atoms with Crippen molar-refractivity contribution in [2.75, 3.05) is 34.0 Å². The van der Waals surface area contributed by atoms with Gasteiger partial charge in [-0.05, 0) is 32.1 Å². The van der Waals surface area contributed by atoms with Gasteiger partial charge in [-0.2, -0.15) is 0 Å². The molecule has 2 aliphatic heterocycles. The van der Waals surface area contributed by atoms with Gasteiger partial charge in [0, 0.05) is 58.2 Å². The summed E-state index contributed by atoms with van der Waals surface area (Å²) in [4.78, 5) is 0. The van der Waals surface area contributed by atoms with E-state index >= 15 is 0 Å². The topological polar surface area (TPSA) is 77.4 Å². The van der Waals surface area contributed by atoms with E-state index in [1.807, 2.05) is 6.92 Å². The predicted octanol–water partition coefficient (Wildman–Crippen LogP) is 2.73. The number of rotatable bonds is 4. The molecule has 25 heavy (non-hydrogen) atoms. The second kappa shape index (κ2) is 10.6. The van der Waals surface area contributed by atoms with Gasteiger partial charge in [-0.1, -0.05) is 0 Å². The fraction of sp³-hybridized carbons (Fsp3) is 1.00. The number of methoxy groups -OCH3 is 2. The molecule has 4 fully saturated rings. The molecule has 2 saturated heterocycles. The van der Waals surface area contributed by atoms with Gasteiger partial charge in [0.15, 0.2) is 0 Å². The summed E-state index contributed by atoms with van der Waals surface area (Å²) in [6.07, 6.45) is 1.08. The first-order valence-corrected chi connectivity index (χ1v) is 14.4. The van der Waals surface area contributed by atoms with Gasteiger partial charge in [-0.25, -0.2) is 0 Å². The van der Waals surface area contributed by atoms with Crippen LogP contribution in [0.15, 0.2) is 0 Å². The molecule has 4 aliphatic rings. The van der Waals surface area contributed by atoms with Crippen LogP contribution < -0.4 is 0 Å². The van der Waals surface area contributed by atoms with Crippen LogP contribution in [0.5, 0.6) is 0 Å². The van der Waals surface area contributed by atoms with Crippen LogP contribution in [0.4, 0.5) is 0 Å². The first-order chi connectivity index (χ1) is 11.9. The van der Waals surface area contributed by atoms with E-state index in [0.717, 1.165) is 6.42 Å². The van der Waals surface area contributed by atoms with Gasteiger partial charge in [0.05, 0.1) is 32.0 Å². The van der Waals surface area contributed by atoms with Crippen molar-refractivity contribution in [1.29, 1.82) is 0 Å². The predicted molar refractivity (Wildman–Crippen MR) is 122 cm³/mol. The van der Waals surface area contributed by atoms with E-state index < -0.39 is 6.10 Å². The maximum Gasteiger partial charge on any atom is 0.144 e. The highest BCUT2D eigenvalue weighted by atomic mass is 128. The second-order valence-corrected chi connectivity index (χ2v) is 6.94. The molecule has 6 unspecified atom stereocenters. The van der Waals surface area contributed by atoms with Gasteiger partial charge in [0.2, 0.25) is 0 Å². The fourth-order valence-corrected chi connectivity index (χ4v) is 4.24. The lowest BCUT2D eigenvalue weighted by Crippen LogP contribution is -2.45. The van der Waals surface area contributed by atoms with Crippen LogP contribution in [-0.2, 0) is 18.9 Å². The summed E-state index contributed by atoms with van der Waals surface area (Å²) in [7, 11) is 3.36. The van der Waals surface area contributed by atoms with Crippen molar-refractivity contribution in [2.45, 2.75) is 56.2 Å². The smallest absolute Gasteiger partial charge is 0.144 e. The Balaban J connectivity index is 0.000000235. The molecular formula is C16H29I3O6. The van der Waals surface area contributed by atoms with Crippen LogP contribution in [0.2, 0.25) is 0 Å². The number of aliphatic hydroxyl groups is 2. The van der Waals surface area contributed by atoms with E-state index in [9.17, 15) is 5.11 Å². The monoisotopic (exact) mass is 700 g/mol. The molecule has 0 aromatic rings. The Bertz CT molecular complexity index is 446. The van der Waals surface area contributed by atoms with Crippen LogP contribution in [-0.4, -0.2) is 74.3 Å². The summed E-state index contributed by atoms with van der Waals surface area (Å²) in [5.74, 6) is 0.285. The zero-order valence-electron chi connectivity index (χ0n) is 15.7. The molecule has 9 heteroatoms. The van der Waals surface area contributed by atoms with Crippen molar-refractivity contribution in [3.63, 3.8) is 0 Å². The molecule has 0 amide bonds. The lowest BCUT2D eigenvalue weighted by atomic mass is 10.00. The second-order valence-electron chi connectivity index (χ2n) is 6.94. The molecule has 0 radical (unpaired) electrons. The highest BCUT2D eigenvalue weighted by molar-refractivity contribution is 15.0. The molecule has 0 aromatic heterocycles. The van der Waals surface area contributed by atoms with Crippen molar-refractivity contribution >= 4 is 61.2 Å². The van der Waals surface area contributed by atoms with Crippen molar-refractivity contribution < 1.29 is 30.5 Å². The summed E-state index contributed by atoms with van der Waals surface area (Å²) in [5.41, 5.74) is -0.611. The first kappa shape index (κ1) is 23.2. The standard InChI is InChI=1S/C9H16O4.C7H12O2.I2.HI/c1-6-7-8(11-3)9(13-6,4-10-2)5-12-7;8-4-7-3-5(7)1-2-6(7)9;1-2;/h6-8H,4-5H2,1-3H3;5-6,8-9H,1-4H2;;1H/t;5-,6?,7-;;/m.0../s1/i;1T;;/t;1?,5-,6?,7-;;. The van der Waals surface area contributed by atoms with E-state index in [4.69, 9.17) is 25.4 Å². The Morgan fingerprint density at radius 2 is 2.04 bits per heavy atom. The number of fused-ring (bicyclic) bond motifs is 3. The summed E-state index contributed by atoms with van der Waals surface area (Å²) < 4.78 is 29.4. The highest BCUT2D eigenvalue weighted by Gasteiger charge is 2.62.